The molecule has 2 aromatic rings. The second kappa shape index (κ2) is 8.68. The molecule has 1 aliphatic heterocycles. The number of hydrogen-bond acceptors (Lipinski definition) is 3. The number of likely N-dealkylation sites (N-methyl/N-ethyl adjacent to an activating group) is 1. The number of anilines is 1. The minimum absolute atomic E-state index is 0.224. The lowest BCUT2D eigenvalue weighted by atomic mass is 9.80. The number of nitrogens with one attached hydrogen (secondary N) is 1. The van der Waals surface area contributed by atoms with E-state index < -0.39 is 5.54 Å². The summed E-state index contributed by atoms with van der Waals surface area (Å²) >= 11 is 0. The van der Waals surface area contributed by atoms with E-state index in [0.29, 0.717) is 0 Å². The number of benzene rings is 2. The fourth-order valence-corrected chi connectivity index (χ4v) is 3.99. The number of quaternary nitrogens is 1. The van der Waals surface area contributed by atoms with E-state index in [1.165, 1.54) is 10.5 Å². The van der Waals surface area contributed by atoms with Gasteiger partial charge in [0.15, 0.2) is 5.54 Å². The van der Waals surface area contributed by atoms with Crippen molar-refractivity contribution in [3.05, 3.63) is 65.7 Å². The second-order valence-electron chi connectivity index (χ2n) is 7.57. The quantitative estimate of drug-likeness (QED) is 0.762. The fraction of sp³-hybridized carbons (Fsp3) is 0.435. The third-order valence-corrected chi connectivity index (χ3v) is 5.85. The van der Waals surface area contributed by atoms with Crippen LogP contribution in [0.1, 0.15) is 29.3 Å². The van der Waals surface area contributed by atoms with Gasteiger partial charge in [-0.05, 0) is 29.8 Å². The van der Waals surface area contributed by atoms with Gasteiger partial charge in [-0.2, -0.15) is 0 Å². The first kappa shape index (κ1) is 19.6. The summed E-state index contributed by atoms with van der Waals surface area (Å²) in [5.74, 6) is 0.224. The Morgan fingerprint density at radius 2 is 1.67 bits per heavy atom. The van der Waals surface area contributed by atoms with E-state index in [-0.39, 0.29) is 5.78 Å². The summed E-state index contributed by atoms with van der Waals surface area (Å²) in [4.78, 5) is 17.1. The first-order chi connectivity index (χ1) is 13.1. The summed E-state index contributed by atoms with van der Waals surface area (Å²) in [7, 11) is 4.18. The zero-order valence-corrected chi connectivity index (χ0v) is 16.7. The average Bonchev–Trinajstić information content (AvgIpc) is 2.73. The number of morpholine rings is 1. The van der Waals surface area contributed by atoms with Crippen LogP contribution >= 0.6 is 0 Å². The van der Waals surface area contributed by atoms with Gasteiger partial charge in [0.25, 0.3) is 0 Å². The Hall–Kier alpha value is -2.17. The van der Waals surface area contributed by atoms with Crippen LogP contribution in [0, 0.1) is 0 Å². The highest BCUT2D eigenvalue weighted by molar-refractivity contribution is 6.02. The van der Waals surface area contributed by atoms with Crippen LogP contribution in [0.25, 0.3) is 0 Å². The van der Waals surface area contributed by atoms with Gasteiger partial charge in [-0.1, -0.05) is 37.3 Å². The van der Waals surface area contributed by atoms with Gasteiger partial charge >= 0.3 is 0 Å². The van der Waals surface area contributed by atoms with Gasteiger partial charge in [-0.25, -0.2) is 0 Å². The topological polar surface area (TPSA) is 34.0 Å². The molecule has 1 fully saturated rings. The molecule has 0 unspecified atom stereocenters. The minimum atomic E-state index is -0.457. The van der Waals surface area contributed by atoms with Crippen LogP contribution in [0.4, 0.5) is 5.69 Å². The Labute approximate surface area is 162 Å². The molecule has 2 aromatic carbocycles. The first-order valence-corrected chi connectivity index (χ1v) is 9.89. The van der Waals surface area contributed by atoms with E-state index in [1.54, 1.807) is 0 Å². The number of ether oxygens (including phenoxy) is 1. The minimum Gasteiger partial charge on any atom is -0.378 e. The van der Waals surface area contributed by atoms with Crippen LogP contribution in [0.3, 0.4) is 0 Å². The third kappa shape index (κ3) is 4.23. The molecule has 4 heteroatoms. The highest BCUT2D eigenvalue weighted by atomic mass is 16.5. The molecular formula is C23H31N2O2+. The Morgan fingerprint density at radius 3 is 2.22 bits per heavy atom. The first-order valence-electron chi connectivity index (χ1n) is 9.89. The molecule has 1 heterocycles. The van der Waals surface area contributed by atoms with Crippen LogP contribution in [0.5, 0.6) is 0 Å². The number of carbonyl (C=O) groups is 1. The molecule has 0 aromatic heterocycles. The van der Waals surface area contributed by atoms with Crippen LogP contribution < -0.4 is 9.80 Å². The van der Waals surface area contributed by atoms with E-state index in [4.69, 9.17) is 4.74 Å². The third-order valence-electron chi connectivity index (χ3n) is 5.85. The van der Waals surface area contributed by atoms with Crippen molar-refractivity contribution >= 4 is 11.5 Å². The van der Waals surface area contributed by atoms with Gasteiger partial charge in [0.05, 0.1) is 27.3 Å². The Balaban J connectivity index is 1.85. The number of Topliss-reactive ketones (excluding diaryl/α,β-unsaturated/α-hetero) is 1. The SMILES string of the molecule is CC[C@@](Cc1ccccc1)(C(=O)c1ccc(N2CCOCC2)cc1)[NH+](C)C. The van der Waals surface area contributed by atoms with Gasteiger partial charge in [-0.15, -0.1) is 0 Å². The van der Waals surface area contributed by atoms with Crippen molar-refractivity contribution in [2.45, 2.75) is 25.3 Å². The molecule has 0 aliphatic carbocycles. The van der Waals surface area contributed by atoms with Crippen LogP contribution in [-0.2, 0) is 11.2 Å². The highest BCUT2D eigenvalue weighted by Gasteiger charge is 2.43. The molecule has 144 valence electrons. The predicted molar refractivity (Wildman–Crippen MR) is 110 cm³/mol. The van der Waals surface area contributed by atoms with Crippen molar-refractivity contribution < 1.29 is 14.4 Å². The molecule has 3 rings (SSSR count). The maximum atomic E-state index is 13.6. The lowest BCUT2D eigenvalue weighted by Crippen LogP contribution is -3.17. The molecule has 1 saturated heterocycles. The van der Waals surface area contributed by atoms with Crippen molar-refractivity contribution in [1.29, 1.82) is 0 Å². The normalized spacial score (nSPS) is 17.0. The number of ketones is 1. The number of carbonyl (C=O) groups excluding carboxylic acids is 1. The summed E-state index contributed by atoms with van der Waals surface area (Å²) < 4.78 is 5.43. The number of hydrogen-bond donors (Lipinski definition) is 1. The molecule has 1 N–H and O–H groups in total. The predicted octanol–water partition coefficient (Wildman–Crippen LogP) is 2.24. The lowest BCUT2D eigenvalue weighted by Gasteiger charge is -2.35. The number of nitrogens with zero attached hydrogens (tertiary/aromatic N) is 1. The Kier molecular flexibility index (Phi) is 6.30. The van der Waals surface area contributed by atoms with Gasteiger partial charge in [0, 0.05) is 37.2 Å². The van der Waals surface area contributed by atoms with Crippen molar-refractivity contribution in [2.75, 3.05) is 45.3 Å². The molecule has 0 radical (unpaired) electrons. The maximum absolute atomic E-state index is 13.6. The highest BCUT2D eigenvalue weighted by Crippen LogP contribution is 2.23. The maximum Gasteiger partial charge on any atom is 0.223 e. The molecule has 0 saturated carbocycles. The summed E-state index contributed by atoms with van der Waals surface area (Å²) in [5, 5.41) is 0. The van der Waals surface area contributed by atoms with Crippen molar-refractivity contribution in [1.82, 2.24) is 0 Å². The van der Waals surface area contributed by atoms with Crippen molar-refractivity contribution in [3.8, 4) is 0 Å². The molecule has 1 aliphatic rings. The molecular weight excluding hydrogens is 336 g/mol. The fourth-order valence-electron chi connectivity index (χ4n) is 3.99. The van der Waals surface area contributed by atoms with E-state index in [0.717, 1.165) is 50.4 Å². The Bertz CT molecular complexity index is 737. The molecule has 27 heavy (non-hydrogen) atoms. The van der Waals surface area contributed by atoms with Gasteiger partial charge in [-0.3, -0.25) is 4.79 Å². The van der Waals surface area contributed by atoms with Crippen molar-refractivity contribution in [3.63, 3.8) is 0 Å². The van der Waals surface area contributed by atoms with Crippen molar-refractivity contribution in [2.24, 2.45) is 0 Å². The standard InChI is InChI=1S/C23H30N2O2/c1-4-23(24(2)3,18-19-8-6-5-7-9-19)22(26)20-10-12-21(13-11-20)25-14-16-27-17-15-25/h5-13H,4,14-18H2,1-3H3/p+1/t23-/m1/s1. The average molecular weight is 368 g/mol. The molecule has 4 nitrogen and oxygen atoms in total. The van der Waals surface area contributed by atoms with E-state index in [2.05, 4.69) is 50.2 Å². The summed E-state index contributed by atoms with van der Waals surface area (Å²) in [6.07, 6.45) is 1.55. The number of rotatable bonds is 7. The molecule has 0 bridgehead atoms. The summed E-state index contributed by atoms with van der Waals surface area (Å²) in [6, 6.07) is 18.5. The molecule has 0 spiro atoms. The zero-order chi connectivity index (χ0) is 19.3. The zero-order valence-electron chi connectivity index (χ0n) is 16.7. The Morgan fingerprint density at radius 1 is 1.04 bits per heavy atom. The second-order valence-corrected chi connectivity index (χ2v) is 7.57. The van der Waals surface area contributed by atoms with Crippen LogP contribution in [0.2, 0.25) is 0 Å². The van der Waals surface area contributed by atoms with E-state index >= 15 is 0 Å². The summed E-state index contributed by atoms with van der Waals surface area (Å²) in [6.45, 7) is 5.46. The van der Waals surface area contributed by atoms with E-state index in [9.17, 15) is 4.79 Å². The van der Waals surface area contributed by atoms with Gasteiger partial charge in [0.2, 0.25) is 5.78 Å². The van der Waals surface area contributed by atoms with Gasteiger partial charge in [0.1, 0.15) is 0 Å². The van der Waals surface area contributed by atoms with Gasteiger partial charge < -0.3 is 14.5 Å². The molecule has 0 amide bonds. The monoisotopic (exact) mass is 367 g/mol. The lowest BCUT2D eigenvalue weighted by molar-refractivity contribution is -0.903. The van der Waals surface area contributed by atoms with Crippen LogP contribution in [-0.4, -0.2) is 51.7 Å². The summed E-state index contributed by atoms with van der Waals surface area (Å²) in [5.41, 5.74) is 2.71. The largest absolute Gasteiger partial charge is 0.378 e. The van der Waals surface area contributed by atoms with Crippen LogP contribution in [0.15, 0.2) is 54.6 Å². The smallest absolute Gasteiger partial charge is 0.223 e. The molecule has 1 atom stereocenters. The van der Waals surface area contributed by atoms with E-state index in [1.807, 2.05) is 30.3 Å².